The van der Waals surface area contributed by atoms with Crippen LogP contribution in [0.1, 0.15) is 21.5 Å². The zero-order valence-corrected chi connectivity index (χ0v) is 17.1. The summed E-state index contributed by atoms with van der Waals surface area (Å²) in [5.41, 5.74) is 2.25. The van der Waals surface area contributed by atoms with Crippen LogP contribution in [0, 0.1) is 0 Å². The molecule has 5 rings (SSSR count). The van der Waals surface area contributed by atoms with Gasteiger partial charge in [0.05, 0.1) is 22.3 Å². The first-order valence-electron chi connectivity index (χ1n) is 10.1. The third-order valence-electron chi connectivity index (χ3n) is 5.36. The van der Waals surface area contributed by atoms with E-state index in [1.54, 1.807) is 18.2 Å². The molecule has 1 aliphatic heterocycles. The van der Waals surface area contributed by atoms with E-state index in [0.29, 0.717) is 39.2 Å². The number of alkyl halides is 3. The number of halogens is 3. The normalized spacial score (nSPS) is 12.7. The molecule has 5 nitrogen and oxygen atoms in total. The SMILES string of the molecule is O=C(NCc1ccc(C(F)(F)F)cc1)c1cc(-c2ccc3c(c2)OCO3)nc2ccccc12. The summed E-state index contributed by atoms with van der Waals surface area (Å²) in [5, 5.41) is 3.47. The first-order valence-corrected chi connectivity index (χ1v) is 10.1. The molecule has 0 spiro atoms. The number of pyridine rings is 1. The molecule has 33 heavy (non-hydrogen) atoms. The first-order chi connectivity index (χ1) is 15.9. The molecule has 1 aliphatic rings. The van der Waals surface area contributed by atoms with Crippen LogP contribution in [0.2, 0.25) is 0 Å². The Bertz CT molecular complexity index is 1350. The van der Waals surface area contributed by atoms with Crippen molar-refractivity contribution < 1.29 is 27.4 Å². The molecule has 8 heteroatoms. The van der Waals surface area contributed by atoms with Gasteiger partial charge in [-0.15, -0.1) is 0 Å². The molecule has 0 saturated heterocycles. The number of fused-ring (bicyclic) bond motifs is 2. The minimum atomic E-state index is -4.40. The quantitative estimate of drug-likeness (QED) is 0.441. The second-order valence-corrected chi connectivity index (χ2v) is 7.52. The highest BCUT2D eigenvalue weighted by Crippen LogP contribution is 2.36. The number of carbonyl (C=O) groups excluding carboxylic acids is 1. The Labute approximate surface area is 186 Å². The number of amides is 1. The fourth-order valence-electron chi connectivity index (χ4n) is 3.66. The third kappa shape index (κ3) is 4.19. The fourth-order valence-corrected chi connectivity index (χ4v) is 3.66. The maximum absolute atomic E-state index is 13.1. The fraction of sp³-hybridized carbons (Fsp3) is 0.120. The van der Waals surface area contributed by atoms with E-state index in [2.05, 4.69) is 10.3 Å². The average molecular weight is 450 g/mol. The third-order valence-corrected chi connectivity index (χ3v) is 5.36. The number of benzene rings is 3. The van der Waals surface area contributed by atoms with Crippen LogP contribution in [-0.2, 0) is 12.7 Å². The van der Waals surface area contributed by atoms with Gasteiger partial charge < -0.3 is 14.8 Å². The van der Waals surface area contributed by atoms with Crippen molar-refractivity contribution in [3.8, 4) is 22.8 Å². The van der Waals surface area contributed by atoms with Crippen LogP contribution in [0.25, 0.3) is 22.2 Å². The molecule has 3 aromatic carbocycles. The molecule has 4 aromatic rings. The van der Waals surface area contributed by atoms with Gasteiger partial charge in [0.2, 0.25) is 6.79 Å². The number of para-hydroxylation sites is 1. The zero-order chi connectivity index (χ0) is 23.0. The maximum atomic E-state index is 13.1. The summed E-state index contributed by atoms with van der Waals surface area (Å²) in [5.74, 6) is 0.903. The van der Waals surface area contributed by atoms with Gasteiger partial charge in [-0.2, -0.15) is 13.2 Å². The highest BCUT2D eigenvalue weighted by molar-refractivity contribution is 6.07. The van der Waals surface area contributed by atoms with E-state index in [1.807, 2.05) is 30.3 Å². The Kier molecular flexibility index (Phi) is 5.12. The Morgan fingerprint density at radius 1 is 0.939 bits per heavy atom. The summed E-state index contributed by atoms with van der Waals surface area (Å²) >= 11 is 0. The van der Waals surface area contributed by atoms with Crippen LogP contribution in [0.5, 0.6) is 11.5 Å². The molecule has 2 heterocycles. The predicted octanol–water partition coefficient (Wildman–Crippen LogP) is 5.58. The molecule has 1 N–H and O–H groups in total. The second-order valence-electron chi connectivity index (χ2n) is 7.52. The van der Waals surface area contributed by atoms with Gasteiger partial charge in [-0.25, -0.2) is 4.98 Å². The number of hydrogen-bond donors (Lipinski definition) is 1. The van der Waals surface area contributed by atoms with E-state index in [0.717, 1.165) is 17.7 Å². The van der Waals surface area contributed by atoms with Gasteiger partial charge in [-0.1, -0.05) is 30.3 Å². The van der Waals surface area contributed by atoms with Gasteiger partial charge in [0.1, 0.15) is 0 Å². The molecule has 0 aliphatic carbocycles. The van der Waals surface area contributed by atoms with E-state index in [1.165, 1.54) is 12.1 Å². The highest BCUT2D eigenvalue weighted by atomic mass is 19.4. The number of nitrogens with zero attached hydrogens (tertiary/aromatic N) is 1. The number of aromatic nitrogens is 1. The molecule has 0 fully saturated rings. The van der Waals surface area contributed by atoms with Crippen LogP contribution in [0.3, 0.4) is 0 Å². The van der Waals surface area contributed by atoms with Gasteiger partial charge in [0, 0.05) is 17.5 Å². The van der Waals surface area contributed by atoms with Crippen molar-refractivity contribution in [3.63, 3.8) is 0 Å². The van der Waals surface area contributed by atoms with Crippen molar-refractivity contribution in [3.05, 3.63) is 89.5 Å². The monoisotopic (exact) mass is 450 g/mol. The maximum Gasteiger partial charge on any atom is 0.416 e. The van der Waals surface area contributed by atoms with E-state index in [4.69, 9.17) is 9.47 Å². The number of carbonyl (C=O) groups is 1. The van der Waals surface area contributed by atoms with Crippen molar-refractivity contribution in [1.82, 2.24) is 10.3 Å². The Balaban J connectivity index is 1.44. The van der Waals surface area contributed by atoms with E-state index in [-0.39, 0.29) is 19.2 Å². The van der Waals surface area contributed by atoms with Crippen molar-refractivity contribution in [2.45, 2.75) is 12.7 Å². The molecule has 1 amide bonds. The number of ether oxygens (including phenoxy) is 2. The first kappa shape index (κ1) is 20.8. The van der Waals surface area contributed by atoms with Gasteiger partial charge in [0.15, 0.2) is 11.5 Å². The topological polar surface area (TPSA) is 60.5 Å². The summed E-state index contributed by atoms with van der Waals surface area (Å²) in [6.45, 7) is 0.245. The zero-order valence-electron chi connectivity index (χ0n) is 17.1. The smallest absolute Gasteiger partial charge is 0.416 e. The molecule has 166 valence electrons. The lowest BCUT2D eigenvalue weighted by atomic mass is 10.0. The van der Waals surface area contributed by atoms with Crippen LogP contribution in [-0.4, -0.2) is 17.7 Å². The lowest BCUT2D eigenvalue weighted by molar-refractivity contribution is -0.137. The molecule has 0 radical (unpaired) electrons. The summed E-state index contributed by atoms with van der Waals surface area (Å²) in [6.07, 6.45) is -4.40. The predicted molar refractivity (Wildman–Crippen MR) is 116 cm³/mol. The van der Waals surface area contributed by atoms with E-state index < -0.39 is 11.7 Å². The van der Waals surface area contributed by atoms with Gasteiger partial charge in [-0.05, 0) is 48.0 Å². The molecular formula is C25H17F3N2O3. The largest absolute Gasteiger partial charge is 0.454 e. The van der Waals surface area contributed by atoms with Gasteiger partial charge in [0.25, 0.3) is 5.91 Å². The van der Waals surface area contributed by atoms with Crippen LogP contribution in [0.15, 0.2) is 72.8 Å². The van der Waals surface area contributed by atoms with Gasteiger partial charge in [-0.3, -0.25) is 4.79 Å². The molecule has 0 saturated carbocycles. The van der Waals surface area contributed by atoms with Crippen LogP contribution < -0.4 is 14.8 Å². The number of rotatable bonds is 4. The average Bonchev–Trinajstić information content (AvgIpc) is 3.29. The van der Waals surface area contributed by atoms with Crippen LogP contribution >= 0.6 is 0 Å². The highest BCUT2D eigenvalue weighted by Gasteiger charge is 2.30. The molecule has 1 aromatic heterocycles. The summed E-state index contributed by atoms with van der Waals surface area (Å²) in [4.78, 5) is 17.7. The Morgan fingerprint density at radius 3 is 2.48 bits per heavy atom. The standard InChI is InChI=1S/C25H17F3N2O3/c26-25(27,28)17-8-5-15(6-9-17)13-29-24(31)19-12-21(30-20-4-2-1-3-18(19)20)16-7-10-22-23(11-16)33-14-32-22/h1-12H,13-14H2,(H,29,31). The van der Waals surface area contributed by atoms with E-state index >= 15 is 0 Å². The molecule has 0 unspecified atom stereocenters. The Morgan fingerprint density at radius 2 is 1.70 bits per heavy atom. The minimum absolute atomic E-state index is 0.0903. The van der Waals surface area contributed by atoms with E-state index in [9.17, 15) is 18.0 Å². The van der Waals surface area contributed by atoms with Crippen molar-refractivity contribution in [1.29, 1.82) is 0 Å². The number of nitrogens with one attached hydrogen (secondary N) is 1. The lowest BCUT2D eigenvalue weighted by Crippen LogP contribution is -2.23. The summed E-state index contributed by atoms with van der Waals surface area (Å²) in [6, 6.07) is 19.1. The molecule has 0 bridgehead atoms. The van der Waals surface area contributed by atoms with Crippen molar-refractivity contribution in [2.75, 3.05) is 6.79 Å². The Hall–Kier alpha value is -4.07. The number of hydrogen-bond acceptors (Lipinski definition) is 4. The summed E-state index contributed by atoms with van der Waals surface area (Å²) in [7, 11) is 0. The second kappa shape index (κ2) is 8.12. The molecular weight excluding hydrogens is 433 g/mol. The van der Waals surface area contributed by atoms with Gasteiger partial charge >= 0.3 is 6.18 Å². The van der Waals surface area contributed by atoms with Crippen LogP contribution in [0.4, 0.5) is 13.2 Å². The lowest BCUT2D eigenvalue weighted by Gasteiger charge is -2.12. The summed E-state index contributed by atoms with van der Waals surface area (Å²) < 4.78 is 49.1. The van der Waals surface area contributed by atoms with Crippen molar-refractivity contribution >= 4 is 16.8 Å². The van der Waals surface area contributed by atoms with Crippen molar-refractivity contribution in [2.24, 2.45) is 0 Å². The molecule has 0 atom stereocenters. The minimum Gasteiger partial charge on any atom is -0.454 e.